The Morgan fingerprint density at radius 1 is 1.23 bits per heavy atom. The maximum Gasteiger partial charge on any atom is 0.163 e. The standard InChI is InChI=1S/C16H20FN3O2/c1-10(19-8-11-4-5-16(18)20-9-11)12-6-14(21-2)15(22-3)7-13(12)17/h4-7,9-10,19H,8H2,1-3H3,(H2,18,20). The lowest BCUT2D eigenvalue weighted by Crippen LogP contribution is -2.19. The van der Waals surface area contributed by atoms with Crippen molar-refractivity contribution < 1.29 is 13.9 Å². The summed E-state index contributed by atoms with van der Waals surface area (Å²) in [5.41, 5.74) is 7.03. The molecule has 0 aliphatic heterocycles. The molecule has 3 N–H and O–H groups in total. The first kappa shape index (κ1) is 16.0. The average Bonchev–Trinajstić information content (AvgIpc) is 2.53. The maximum atomic E-state index is 14.2. The quantitative estimate of drug-likeness (QED) is 0.858. The van der Waals surface area contributed by atoms with Crippen LogP contribution in [0.15, 0.2) is 30.5 Å². The Bertz CT molecular complexity index is 632. The maximum absolute atomic E-state index is 14.2. The van der Waals surface area contributed by atoms with E-state index < -0.39 is 0 Å². The van der Waals surface area contributed by atoms with E-state index in [1.165, 1.54) is 20.3 Å². The van der Waals surface area contributed by atoms with E-state index in [-0.39, 0.29) is 11.9 Å². The van der Waals surface area contributed by atoms with Gasteiger partial charge in [0, 0.05) is 30.4 Å². The number of nitrogens with two attached hydrogens (primary N) is 1. The van der Waals surface area contributed by atoms with Gasteiger partial charge in [-0.1, -0.05) is 6.07 Å². The summed E-state index contributed by atoms with van der Waals surface area (Å²) >= 11 is 0. The Labute approximate surface area is 129 Å². The highest BCUT2D eigenvalue weighted by Crippen LogP contribution is 2.32. The molecule has 0 fully saturated rings. The van der Waals surface area contributed by atoms with Crippen LogP contribution >= 0.6 is 0 Å². The zero-order chi connectivity index (χ0) is 16.1. The third kappa shape index (κ3) is 3.65. The van der Waals surface area contributed by atoms with Gasteiger partial charge in [-0.3, -0.25) is 0 Å². The second-order valence-electron chi connectivity index (χ2n) is 4.92. The zero-order valence-corrected chi connectivity index (χ0v) is 12.9. The number of nitrogens with one attached hydrogen (secondary N) is 1. The van der Waals surface area contributed by atoms with E-state index in [1.807, 2.05) is 13.0 Å². The molecule has 5 nitrogen and oxygen atoms in total. The summed E-state index contributed by atoms with van der Waals surface area (Å²) in [5.74, 6) is 1.01. The molecule has 0 saturated heterocycles. The average molecular weight is 305 g/mol. The van der Waals surface area contributed by atoms with Crippen molar-refractivity contribution in [1.29, 1.82) is 0 Å². The van der Waals surface area contributed by atoms with Crippen molar-refractivity contribution in [2.75, 3.05) is 20.0 Å². The Hall–Kier alpha value is -2.34. The number of benzene rings is 1. The van der Waals surface area contributed by atoms with E-state index in [0.717, 1.165) is 5.56 Å². The monoisotopic (exact) mass is 305 g/mol. The normalized spacial score (nSPS) is 12.0. The lowest BCUT2D eigenvalue weighted by atomic mass is 10.1. The number of ether oxygens (including phenoxy) is 2. The number of hydrogen-bond donors (Lipinski definition) is 2. The first-order chi connectivity index (χ1) is 10.5. The van der Waals surface area contributed by atoms with Crippen LogP contribution < -0.4 is 20.5 Å². The molecule has 0 spiro atoms. The van der Waals surface area contributed by atoms with Gasteiger partial charge < -0.3 is 20.5 Å². The van der Waals surface area contributed by atoms with Gasteiger partial charge in [0.1, 0.15) is 11.6 Å². The second-order valence-corrected chi connectivity index (χ2v) is 4.92. The summed E-state index contributed by atoms with van der Waals surface area (Å²) in [7, 11) is 3.00. The molecule has 0 amide bonds. The van der Waals surface area contributed by atoms with Crippen LogP contribution in [0.3, 0.4) is 0 Å². The Kier molecular flexibility index (Phi) is 5.16. The van der Waals surface area contributed by atoms with Gasteiger partial charge in [0.15, 0.2) is 11.5 Å². The molecule has 1 aromatic heterocycles. The second kappa shape index (κ2) is 7.09. The van der Waals surface area contributed by atoms with Crippen LogP contribution in [0.1, 0.15) is 24.1 Å². The molecule has 22 heavy (non-hydrogen) atoms. The third-order valence-corrected chi connectivity index (χ3v) is 3.43. The highest BCUT2D eigenvalue weighted by Gasteiger charge is 2.16. The molecular formula is C16H20FN3O2. The van der Waals surface area contributed by atoms with Crippen LogP contribution in [0.25, 0.3) is 0 Å². The summed E-state index contributed by atoms with van der Waals surface area (Å²) in [6.07, 6.45) is 1.69. The number of pyridine rings is 1. The smallest absolute Gasteiger partial charge is 0.163 e. The molecular weight excluding hydrogens is 285 g/mol. The van der Waals surface area contributed by atoms with Crippen molar-refractivity contribution in [3.05, 3.63) is 47.4 Å². The van der Waals surface area contributed by atoms with Crippen molar-refractivity contribution >= 4 is 5.82 Å². The van der Waals surface area contributed by atoms with Crippen LogP contribution in [0.4, 0.5) is 10.2 Å². The number of rotatable bonds is 6. The Morgan fingerprint density at radius 2 is 1.91 bits per heavy atom. The van der Waals surface area contributed by atoms with E-state index in [1.54, 1.807) is 18.3 Å². The number of anilines is 1. The lowest BCUT2D eigenvalue weighted by molar-refractivity contribution is 0.350. The van der Waals surface area contributed by atoms with Gasteiger partial charge in [-0.05, 0) is 24.6 Å². The summed E-state index contributed by atoms with van der Waals surface area (Å²) in [4.78, 5) is 4.02. The SMILES string of the molecule is COc1cc(F)c(C(C)NCc2ccc(N)nc2)cc1OC. The lowest BCUT2D eigenvalue weighted by Gasteiger charge is -2.17. The fourth-order valence-electron chi connectivity index (χ4n) is 2.12. The predicted octanol–water partition coefficient (Wildman–Crippen LogP) is 2.67. The molecule has 2 rings (SSSR count). The fraction of sp³-hybridized carbons (Fsp3) is 0.312. The van der Waals surface area contributed by atoms with E-state index in [4.69, 9.17) is 15.2 Å². The van der Waals surface area contributed by atoms with Gasteiger partial charge in [-0.25, -0.2) is 9.37 Å². The minimum absolute atomic E-state index is 0.197. The molecule has 1 atom stereocenters. The molecule has 6 heteroatoms. The van der Waals surface area contributed by atoms with Crippen LogP contribution in [-0.4, -0.2) is 19.2 Å². The molecule has 1 aromatic carbocycles. The van der Waals surface area contributed by atoms with Gasteiger partial charge in [0.05, 0.1) is 14.2 Å². The molecule has 0 bridgehead atoms. The zero-order valence-electron chi connectivity index (χ0n) is 12.9. The number of aromatic nitrogens is 1. The highest BCUT2D eigenvalue weighted by molar-refractivity contribution is 5.44. The molecule has 1 heterocycles. The minimum atomic E-state index is -0.340. The van der Waals surface area contributed by atoms with Gasteiger partial charge in [-0.15, -0.1) is 0 Å². The summed E-state index contributed by atoms with van der Waals surface area (Å²) in [6, 6.07) is 6.40. The summed E-state index contributed by atoms with van der Waals surface area (Å²) in [5, 5.41) is 3.25. The summed E-state index contributed by atoms with van der Waals surface area (Å²) in [6.45, 7) is 2.44. The largest absolute Gasteiger partial charge is 0.493 e. The van der Waals surface area contributed by atoms with E-state index in [2.05, 4.69) is 10.3 Å². The third-order valence-electron chi connectivity index (χ3n) is 3.43. The molecule has 0 saturated carbocycles. The van der Waals surface area contributed by atoms with Crippen molar-refractivity contribution in [3.8, 4) is 11.5 Å². The molecule has 0 radical (unpaired) electrons. The minimum Gasteiger partial charge on any atom is -0.493 e. The van der Waals surface area contributed by atoms with E-state index in [9.17, 15) is 4.39 Å². The number of methoxy groups -OCH3 is 2. The van der Waals surface area contributed by atoms with Gasteiger partial charge in [0.2, 0.25) is 0 Å². The highest BCUT2D eigenvalue weighted by atomic mass is 19.1. The number of nitrogens with zero attached hydrogens (tertiary/aromatic N) is 1. The predicted molar refractivity (Wildman–Crippen MR) is 83.4 cm³/mol. The van der Waals surface area contributed by atoms with E-state index >= 15 is 0 Å². The number of halogens is 1. The van der Waals surface area contributed by atoms with Gasteiger partial charge in [-0.2, -0.15) is 0 Å². The molecule has 2 aromatic rings. The van der Waals surface area contributed by atoms with Crippen molar-refractivity contribution in [2.24, 2.45) is 0 Å². The van der Waals surface area contributed by atoms with E-state index in [0.29, 0.717) is 29.4 Å². The fourth-order valence-corrected chi connectivity index (χ4v) is 2.12. The first-order valence-corrected chi connectivity index (χ1v) is 6.90. The van der Waals surface area contributed by atoms with Crippen LogP contribution in [0.5, 0.6) is 11.5 Å². The molecule has 118 valence electrons. The van der Waals surface area contributed by atoms with Crippen molar-refractivity contribution in [3.63, 3.8) is 0 Å². The number of hydrogen-bond acceptors (Lipinski definition) is 5. The summed E-state index contributed by atoms with van der Waals surface area (Å²) < 4.78 is 24.5. The Balaban J connectivity index is 2.11. The first-order valence-electron chi connectivity index (χ1n) is 6.90. The van der Waals surface area contributed by atoms with Crippen LogP contribution in [0, 0.1) is 5.82 Å². The topological polar surface area (TPSA) is 69.4 Å². The molecule has 0 aliphatic carbocycles. The van der Waals surface area contributed by atoms with Crippen LogP contribution in [0.2, 0.25) is 0 Å². The molecule has 1 unspecified atom stereocenters. The Morgan fingerprint density at radius 3 is 2.50 bits per heavy atom. The van der Waals surface area contributed by atoms with Crippen molar-refractivity contribution in [2.45, 2.75) is 19.5 Å². The van der Waals surface area contributed by atoms with Crippen LogP contribution in [-0.2, 0) is 6.54 Å². The van der Waals surface area contributed by atoms with Crippen molar-refractivity contribution in [1.82, 2.24) is 10.3 Å². The molecule has 0 aliphatic rings. The van der Waals surface area contributed by atoms with Gasteiger partial charge in [0.25, 0.3) is 0 Å². The van der Waals surface area contributed by atoms with Gasteiger partial charge >= 0.3 is 0 Å². The number of nitrogen functional groups attached to an aromatic ring is 1.